The first-order valence-electron chi connectivity index (χ1n) is 7.40. The fourth-order valence-corrected chi connectivity index (χ4v) is 2.28. The zero-order chi connectivity index (χ0) is 14.4. The maximum Gasteiger partial charge on any atom is 0.243 e. The van der Waals surface area contributed by atoms with Crippen molar-refractivity contribution >= 4 is 17.8 Å². The second-order valence-corrected chi connectivity index (χ2v) is 5.58. The molecule has 0 atom stereocenters. The molecule has 2 rings (SSSR count). The lowest BCUT2D eigenvalue weighted by Crippen LogP contribution is -2.23. The van der Waals surface area contributed by atoms with Gasteiger partial charge in [0, 0.05) is 19.6 Å². The van der Waals surface area contributed by atoms with Crippen LogP contribution in [-0.4, -0.2) is 34.6 Å². The zero-order valence-electron chi connectivity index (χ0n) is 12.4. The fraction of sp³-hybridized carbons (Fsp3) is 0.769. The van der Waals surface area contributed by atoms with Crippen molar-refractivity contribution in [1.82, 2.24) is 15.0 Å². The van der Waals surface area contributed by atoms with Gasteiger partial charge in [-0.05, 0) is 31.6 Å². The largest absolute Gasteiger partial charge is 0.354 e. The van der Waals surface area contributed by atoms with E-state index in [-0.39, 0.29) is 0 Å². The van der Waals surface area contributed by atoms with Crippen LogP contribution in [0.15, 0.2) is 0 Å². The third kappa shape index (κ3) is 4.19. The van der Waals surface area contributed by atoms with Crippen LogP contribution in [0.25, 0.3) is 0 Å². The van der Waals surface area contributed by atoms with Crippen molar-refractivity contribution in [3.63, 3.8) is 0 Å². The summed E-state index contributed by atoms with van der Waals surface area (Å²) in [5.74, 6) is 7.86. The van der Waals surface area contributed by atoms with Crippen LogP contribution in [0.2, 0.25) is 0 Å². The Balaban J connectivity index is 1.98. The van der Waals surface area contributed by atoms with E-state index in [9.17, 15) is 0 Å². The van der Waals surface area contributed by atoms with Crippen LogP contribution in [0.5, 0.6) is 0 Å². The van der Waals surface area contributed by atoms with Crippen molar-refractivity contribution < 1.29 is 0 Å². The summed E-state index contributed by atoms with van der Waals surface area (Å²) >= 11 is 0. The maximum atomic E-state index is 5.43. The average molecular weight is 279 g/mol. The highest BCUT2D eigenvalue weighted by atomic mass is 15.4. The van der Waals surface area contributed by atoms with E-state index in [0.29, 0.717) is 17.8 Å². The average Bonchev–Trinajstić information content (AvgIpc) is 2.97. The van der Waals surface area contributed by atoms with Crippen LogP contribution in [0.1, 0.15) is 39.5 Å². The number of aromatic nitrogens is 3. The van der Waals surface area contributed by atoms with E-state index in [1.54, 1.807) is 0 Å². The summed E-state index contributed by atoms with van der Waals surface area (Å²) in [5.41, 5.74) is 2.51. The molecule has 0 aromatic carbocycles. The second kappa shape index (κ2) is 7.23. The summed E-state index contributed by atoms with van der Waals surface area (Å²) in [7, 11) is 0. The molecule has 112 valence electrons. The van der Waals surface area contributed by atoms with Crippen molar-refractivity contribution in [2.45, 2.75) is 39.5 Å². The molecule has 0 saturated carbocycles. The summed E-state index contributed by atoms with van der Waals surface area (Å²) in [6.45, 7) is 7.32. The summed E-state index contributed by atoms with van der Waals surface area (Å²) in [6.07, 6.45) is 4.68. The van der Waals surface area contributed by atoms with Gasteiger partial charge in [0.1, 0.15) is 0 Å². The van der Waals surface area contributed by atoms with Crippen molar-refractivity contribution in [3.8, 4) is 0 Å². The van der Waals surface area contributed by atoms with Crippen LogP contribution in [0, 0.1) is 5.92 Å². The van der Waals surface area contributed by atoms with Crippen molar-refractivity contribution in [1.29, 1.82) is 0 Å². The maximum absolute atomic E-state index is 5.43. The van der Waals surface area contributed by atoms with E-state index in [2.05, 4.69) is 44.4 Å². The van der Waals surface area contributed by atoms with Gasteiger partial charge in [-0.1, -0.05) is 13.8 Å². The Bertz CT molecular complexity index is 415. The smallest absolute Gasteiger partial charge is 0.243 e. The molecule has 1 saturated heterocycles. The van der Waals surface area contributed by atoms with Crippen molar-refractivity contribution in [2.75, 3.05) is 35.3 Å². The Hall–Kier alpha value is -1.63. The van der Waals surface area contributed by atoms with E-state index in [4.69, 9.17) is 5.84 Å². The molecule has 0 aliphatic carbocycles. The van der Waals surface area contributed by atoms with Gasteiger partial charge in [0.15, 0.2) is 0 Å². The molecule has 0 unspecified atom stereocenters. The van der Waals surface area contributed by atoms with E-state index in [1.165, 1.54) is 19.3 Å². The van der Waals surface area contributed by atoms with Gasteiger partial charge in [-0.25, -0.2) is 5.84 Å². The van der Waals surface area contributed by atoms with E-state index in [1.807, 2.05) is 0 Å². The molecular formula is C13H25N7. The SMILES string of the molecule is CC(C)CCCNc1nc(NN)nc(N2CCCC2)n1. The molecule has 4 N–H and O–H groups in total. The van der Waals surface area contributed by atoms with Crippen LogP contribution in [0.4, 0.5) is 17.8 Å². The van der Waals surface area contributed by atoms with Gasteiger partial charge in [-0.3, -0.25) is 5.43 Å². The highest BCUT2D eigenvalue weighted by Gasteiger charge is 2.17. The Morgan fingerprint density at radius 1 is 1.15 bits per heavy atom. The van der Waals surface area contributed by atoms with Gasteiger partial charge in [0.25, 0.3) is 0 Å². The summed E-state index contributed by atoms with van der Waals surface area (Å²) in [4.78, 5) is 15.2. The highest BCUT2D eigenvalue weighted by molar-refractivity contribution is 5.43. The number of nitrogen functional groups attached to an aromatic ring is 1. The lowest BCUT2D eigenvalue weighted by molar-refractivity contribution is 0.566. The first-order chi connectivity index (χ1) is 9.69. The van der Waals surface area contributed by atoms with Crippen molar-refractivity contribution in [3.05, 3.63) is 0 Å². The number of hydrazine groups is 1. The zero-order valence-corrected chi connectivity index (χ0v) is 12.4. The highest BCUT2D eigenvalue weighted by Crippen LogP contribution is 2.18. The summed E-state index contributed by atoms with van der Waals surface area (Å²) < 4.78 is 0. The number of nitrogens with zero attached hydrogens (tertiary/aromatic N) is 4. The predicted octanol–water partition coefficient (Wildman–Crippen LogP) is 1.61. The van der Waals surface area contributed by atoms with E-state index >= 15 is 0 Å². The van der Waals surface area contributed by atoms with Crippen LogP contribution < -0.4 is 21.5 Å². The number of nitrogens with one attached hydrogen (secondary N) is 2. The topological polar surface area (TPSA) is 92.0 Å². The molecule has 0 bridgehead atoms. The van der Waals surface area contributed by atoms with Crippen molar-refractivity contribution in [2.24, 2.45) is 11.8 Å². The number of nitrogens with two attached hydrogens (primary N) is 1. The second-order valence-electron chi connectivity index (χ2n) is 5.58. The minimum atomic E-state index is 0.410. The van der Waals surface area contributed by atoms with E-state index < -0.39 is 0 Å². The van der Waals surface area contributed by atoms with Crippen LogP contribution in [0.3, 0.4) is 0 Å². The molecule has 0 amide bonds. The number of anilines is 3. The minimum Gasteiger partial charge on any atom is -0.354 e. The third-order valence-electron chi connectivity index (χ3n) is 3.38. The van der Waals surface area contributed by atoms with E-state index in [0.717, 1.165) is 32.0 Å². The standard InChI is InChI=1S/C13H25N7/c1-10(2)6-5-7-15-11-16-12(19-14)18-13(17-11)20-8-3-4-9-20/h10H,3-9,14H2,1-2H3,(H2,15,16,17,18,19). The van der Waals surface area contributed by atoms with Gasteiger partial charge in [0.05, 0.1) is 0 Å². The molecule has 0 radical (unpaired) electrons. The molecule has 2 heterocycles. The van der Waals surface area contributed by atoms with Gasteiger partial charge in [-0.15, -0.1) is 0 Å². The normalized spacial score (nSPS) is 14.9. The number of rotatable bonds is 7. The van der Waals surface area contributed by atoms with Gasteiger partial charge >= 0.3 is 0 Å². The third-order valence-corrected chi connectivity index (χ3v) is 3.38. The molecule has 7 nitrogen and oxygen atoms in total. The molecule has 7 heteroatoms. The number of hydrogen-bond donors (Lipinski definition) is 3. The summed E-state index contributed by atoms with van der Waals surface area (Å²) in [6, 6.07) is 0. The van der Waals surface area contributed by atoms with Crippen LogP contribution in [-0.2, 0) is 0 Å². The lowest BCUT2D eigenvalue weighted by Gasteiger charge is -2.16. The van der Waals surface area contributed by atoms with Crippen LogP contribution >= 0.6 is 0 Å². The first-order valence-corrected chi connectivity index (χ1v) is 7.40. The molecular weight excluding hydrogens is 254 g/mol. The molecule has 1 aromatic rings. The fourth-order valence-electron chi connectivity index (χ4n) is 2.28. The Kier molecular flexibility index (Phi) is 5.34. The quantitative estimate of drug-likeness (QED) is 0.396. The summed E-state index contributed by atoms with van der Waals surface area (Å²) in [5, 5.41) is 3.25. The predicted molar refractivity (Wildman–Crippen MR) is 81.6 cm³/mol. The monoisotopic (exact) mass is 279 g/mol. The first kappa shape index (κ1) is 14.8. The lowest BCUT2D eigenvalue weighted by atomic mass is 10.1. The Labute approximate surface area is 120 Å². The van der Waals surface area contributed by atoms with Gasteiger partial charge < -0.3 is 10.2 Å². The van der Waals surface area contributed by atoms with Gasteiger partial charge in [-0.2, -0.15) is 15.0 Å². The molecule has 1 aromatic heterocycles. The molecule has 1 aliphatic rings. The molecule has 0 spiro atoms. The number of hydrogen-bond acceptors (Lipinski definition) is 7. The molecule has 20 heavy (non-hydrogen) atoms. The minimum absolute atomic E-state index is 0.410. The molecule has 1 aliphatic heterocycles. The Morgan fingerprint density at radius 2 is 1.85 bits per heavy atom. The van der Waals surface area contributed by atoms with Gasteiger partial charge in [0.2, 0.25) is 17.8 Å². The molecule has 1 fully saturated rings. The Morgan fingerprint density at radius 3 is 2.50 bits per heavy atom.